The topological polar surface area (TPSA) is 64.6 Å². The monoisotopic (exact) mass is 367 g/mol. The van der Waals surface area contributed by atoms with Gasteiger partial charge in [-0.25, -0.2) is 0 Å². The van der Waals surface area contributed by atoms with Crippen LogP contribution in [0.25, 0.3) is 0 Å². The number of carbonyl (C=O) groups is 1. The predicted molar refractivity (Wildman–Crippen MR) is 101 cm³/mol. The lowest BCUT2D eigenvalue weighted by molar-refractivity contribution is -0.0648. The number of aromatic nitrogens is 2. The first-order valence-corrected chi connectivity index (χ1v) is 9.63. The third kappa shape index (κ3) is 3.95. The summed E-state index contributed by atoms with van der Waals surface area (Å²) in [5.41, 5.74) is 0.548. The van der Waals surface area contributed by atoms with E-state index in [2.05, 4.69) is 9.97 Å². The summed E-state index contributed by atoms with van der Waals surface area (Å²) in [4.78, 5) is 22.7. The molecule has 2 aliphatic rings. The molecule has 4 rings (SSSR count). The number of likely N-dealkylation sites (tertiary alicyclic amines) is 1. The second kappa shape index (κ2) is 8.05. The van der Waals surface area contributed by atoms with Crippen molar-refractivity contribution in [2.24, 2.45) is 5.92 Å². The largest absolute Gasteiger partial charge is 0.492 e. The van der Waals surface area contributed by atoms with Gasteiger partial charge in [0.25, 0.3) is 5.91 Å². The van der Waals surface area contributed by atoms with E-state index in [-0.39, 0.29) is 11.5 Å². The number of rotatable bonds is 5. The van der Waals surface area contributed by atoms with E-state index < -0.39 is 0 Å². The number of hydrogen-bond acceptors (Lipinski definition) is 5. The molecule has 1 spiro atoms. The number of ether oxygens (including phenoxy) is 2. The highest BCUT2D eigenvalue weighted by atomic mass is 16.5. The fraction of sp³-hybridized carbons (Fsp3) is 0.476. The van der Waals surface area contributed by atoms with Crippen LogP contribution in [0.2, 0.25) is 0 Å². The van der Waals surface area contributed by atoms with Gasteiger partial charge in [-0.2, -0.15) is 0 Å². The fourth-order valence-corrected chi connectivity index (χ4v) is 4.26. The fourth-order valence-electron chi connectivity index (χ4n) is 4.26. The van der Waals surface area contributed by atoms with Crippen molar-refractivity contribution in [3.05, 3.63) is 54.6 Å². The van der Waals surface area contributed by atoms with Crippen molar-refractivity contribution < 1.29 is 14.3 Å². The molecule has 0 aliphatic carbocycles. The van der Waals surface area contributed by atoms with Crippen LogP contribution in [0, 0.1) is 5.92 Å². The summed E-state index contributed by atoms with van der Waals surface area (Å²) in [6, 6.07) is 7.43. The third-order valence-corrected chi connectivity index (χ3v) is 5.77. The number of carbonyl (C=O) groups excluding carboxylic acids is 1. The Morgan fingerprint density at radius 3 is 2.67 bits per heavy atom. The first-order valence-electron chi connectivity index (χ1n) is 9.63. The van der Waals surface area contributed by atoms with E-state index in [4.69, 9.17) is 9.47 Å². The second-order valence-electron chi connectivity index (χ2n) is 7.26. The molecule has 27 heavy (non-hydrogen) atoms. The van der Waals surface area contributed by atoms with Crippen molar-refractivity contribution in [2.75, 3.05) is 26.3 Å². The van der Waals surface area contributed by atoms with Crippen LogP contribution in [0.1, 0.15) is 36.0 Å². The van der Waals surface area contributed by atoms with Crippen LogP contribution in [0.4, 0.5) is 0 Å². The van der Waals surface area contributed by atoms with Gasteiger partial charge >= 0.3 is 0 Å². The molecular formula is C21H25N3O3. The summed E-state index contributed by atoms with van der Waals surface area (Å²) in [5.74, 6) is 1.35. The Balaban J connectivity index is 1.31. The lowest BCUT2D eigenvalue weighted by atomic mass is 9.78. The SMILES string of the molecule is O=C(c1cccnc1)N1CCC2(CC1)OCC[C@@H]2CCOc1cccnc1. The minimum Gasteiger partial charge on any atom is -0.492 e. The summed E-state index contributed by atoms with van der Waals surface area (Å²) < 4.78 is 12.0. The molecule has 2 fully saturated rings. The maximum Gasteiger partial charge on any atom is 0.255 e. The van der Waals surface area contributed by atoms with Crippen LogP contribution in [-0.2, 0) is 4.74 Å². The van der Waals surface area contributed by atoms with Gasteiger partial charge in [0.05, 0.1) is 24.0 Å². The normalized spacial score (nSPS) is 21.3. The highest BCUT2D eigenvalue weighted by molar-refractivity contribution is 5.93. The van der Waals surface area contributed by atoms with Gasteiger partial charge in [0, 0.05) is 38.3 Å². The number of pyridine rings is 2. The zero-order valence-corrected chi connectivity index (χ0v) is 15.4. The first kappa shape index (κ1) is 17.9. The Morgan fingerprint density at radius 2 is 1.96 bits per heavy atom. The number of amides is 1. The quantitative estimate of drug-likeness (QED) is 0.813. The molecule has 2 saturated heterocycles. The van der Waals surface area contributed by atoms with E-state index in [0.29, 0.717) is 18.1 Å². The molecule has 0 radical (unpaired) electrons. The molecule has 142 valence electrons. The summed E-state index contributed by atoms with van der Waals surface area (Å²) in [6.45, 7) is 2.93. The van der Waals surface area contributed by atoms with Gasteiger partial charge in [-0.05, 0) is 55.9 Å². The number of hydrogen-bond donors (Lipinski definition) is 0. The van der Waals surface area contributed by atoms with E-state index in [0.717, 1.165) is 51.1 Å². The summed E-state index contributed by atoms with van der Waals surface area (Å²) in [5, 5.41) is 0. The van der Waals surface area contributed by atoms with Crippen molar-refractivity contribution in [3.8, 4) is 5.75 Å². The number of piperidine rings is 1. The van der Waals surface area contributed by atoms with Gasteiger partial charge in [0.15, 0.2) is 0 Å². The summed E-state index contributed by atoms with van der Waals surface area (Å²) in [6.07, 6.45) is 10.6. The average Bonchev–Trinajstić information content (AvgIpc) is 3.11. The van der Waals surface area contributed by atoms with Crippen LogP contribution in [-0.4, -0.2) is 52.7 Å². The Labute approximate surface area is 159 Å². The standard InChI is InChI=1S/C21H25N3O3/c25-20(17-3-1-9-22-15-17)24-11-7-21(8-12-24)18(6-14-27-21)5-13-26-19-4-2-10-23-16-19/h1-4,9-10,15-16,18H,5-8,11-14H2/t18-/m0/s1. The molecule has 0 bridgehead atoms. The van der Waals surface area contributed by atoms with E-state index in [1.807, 2.05) is 23.1 Å². The van der Waals surface area contributed by atoms with Gasteiger partial charge in [-0.15, -0.1) is 0 Å². The minimum atomic E-state index is -0.107. The second-order valence-corrected chi connectivity index (χ2v) is 7.26. The van der Waals surface area contributed by atoms with E-state index in [9.17, 15) is 4.79 Å². The lowest BCUT2D eigenvalue weighted by Gasteiger charge is -2.42. The molecule has 2 aromatic heterocycles. The Hall–Kier alpha value is -2.47. The Bertz CT molecular complexity index is 746. The smallest absolute Gasteiger partial charge is 0.255 e. The molecule has 6 nitrogen and oxygen atoms in total. The molecule has 4 heterocycles. The molecule has 0 N–H and O–H groups in total. The Kier molecular flexibility index (Phi) is 5.34. The minimum absolute atomic E-state index is 0.0624. The van der Waals surface area contributed by atoms with Crippen molar-refractivity contribution in [1.82, 2.24) is 14.9 Å². The van der Waals surface area contributed by atoms with Gasteiger partial charge < -0.3 is 14.4 Å². The summed E-state index contributed by atoms with van der Waals surface area (Å²) >= 11 is 0. The van der Waals surface area contributed by atoms with E-state index >= 15 is 0 Å². The van der Waals surface area contributed by atoms with E-state index in [1.54, 1.807) is 30.9 Å². The van der Waals surface area contributed by atoms with Crippen LogP contribution in [0.5, 0.6) is 5.75 Å². The van der Waals surface area contributed by atoms with Crippen LogP contribution < -0.4 is 4.74 Å². The van der Waals surface area contributed by atoms with Crippen molar-refractivity contribution >= 4 is 5.91 Å². The van der Waals surface area contributed by atoms with Crippen LogP contribution >= 0.6 is 0 Å². The molecule has 2 aromatic rings. The molecule has 0 aromatic carbocycles. The highest BCUT2D eigenvalue weighted by Crippen LogP contribution is 2.42. The van der Waals surface area contributed by atoms with Crippen LogP contribution in [0.3, 0.4) is 0 Å². The first-order chi connectivity index (χ1) is 13.3. The third-order valence-electron chi connectivity index (χ3n) is 5.77. The van der Waals surface area contributed by atoms with Gasteiger partial charge in [0.1, 0.15) is 5.75 Å². The molecule has 0 saturated carbocycles. The molecule has 6 heteroatoms. The predicted octanol–water partition coefficient (Wildman–Crippen LogP) is 2.96. The Morgan fingerprint density at radius 1 is 1.19 bits per heavy atom. The highest BCUT2D eigenvalue weighted by Gasteiger charge is 2.46. The van der Waals surface area contributed by atoms with Crippen molar-refractivity contribution in [1.29, 1.82) is 0 Å². The number of nitrogens with zero attached hydrogens (tertiary/aromatic N) is 3. The van der Waals surface area contributed by atoms with Gasteiger partial charge in [-0.3, -0.25) is 14.8 Å². The average molecular weight is 367 g/mol. The molecule has 0 unspecified atom stereocenters. The van der Waals surface area contributed by atoms with Crippen molar-refractivity contribution in [3.63, 3.8) is 0 Å². The zero-order chi connectivity index (χ0) is 18.5. The molecular weight excluding hydrogens is 342 g/mol. The van der Waals surface area contributed by atoms with Gasteiger partial charge in [0.2, 0.25) is 0 Å². The van der Waals surface area contributed by atoms with Crippen molar-refractivity contribution in [2.45, 2.75) is 31.3 Å². The van der Waals surface area contributed by atoms with Gasteiger partial charge in [-0.1, -0.05) is 0 Å². The maximum absolute atomic E-state index is 12.6. The lowest BCUT2D eigenvalue weighted by Crippen LogP contribution is -2.49. The molecule has 1 atom stereocenters. The van der Waals surface area contributed by atoms with E-state index in [1.165, 1.54) is 0 Å². The van der Waals surface area contributed by atoms with Crippen LogP contribution in [0.15, 0.2) is 49.1 Å². The molecule has 2 aliphatic heterocycles. The maximum atomic E-state index is 12.6. The summed E-state index contributed by atoms with van der Waals surface area (Å²) in [7, 11) is 0. The zero-order valence-electron chi connectivity index (χ0n) is 15.4. The molecule has 1 amide bonds.